The molecule has 1 unspecified atom stereocenters. The fourth-order valence-corrected chi connectivity index (χ4v) is 5.37. The highest BCUT2D eigenvalue weighted by Gasteiger charge is 2.32. The molecule has 1 aliphatic heterocycles. The molecule has 0 saturated heterocycles. The summed E-state index contributed by atoms with van der Waals surface area (Å²) in [7, 11) is 1.59. The average Bonchev–Trinajstić information content (AvgIpc) is 3.35. The number of hydrogen-bond acceptors (Lipinski definition) is 8. The number of carbonyl (C=O) groups excluding carboxylic acids is 1. The third kappa shape index (κ3) is 6.02. The highest BCUT2D eigenvalue weighted by Crippen LogP contribution is 2.45. The summed E-state index contributed by atoms with van der Waals surface area (Å²) in [5.74, 6) is 0.843. The van der Waals surface area contributed by atoms with Crippen LogP contribution in [0.4, 0.5) is 0 Å². The van der Waals surface area contributed by atoms with Crippen molar-refractivity contribution in [2.75, 3.05) is 13.7 Å². The number of allylic oxidation sites excluding steroid dienone is 1. The molecule has 2 heterocycles. The molecule has 1 aromatic heterocycles. The maximum atomic E-state index is 13.1. The molecule has 2 N–H and O–H groups in total. The van der Waals surface area contributed by atoms with Crippen molar-refractivity contribution in [3.63, 3.8) is 0 Å². The van der Waals surface area contributed by atoms with E-state index >= 15 is 0 Å². The number of methoxy groups -OCH3 is 1. The number of unbranched alkanes of at least 4 members (excludes halogenated alkanes) is 3. The number of benzene rings is 3. The van der Waals surface area contributed by atoms with E-state index in [9.17, 15) is 10.1 Å². The van der Waals surface area contributed by atoms with Crippen molar-refractivity contribution in [2.45, 2.75) is 58.8 Å². The summed E-state index contributed by atoms with van der Waals surface area (Å²) < 4.78 is 29.0. The lowest BCUT2D eigenvalue weighted by atomic mass is 9.83. The zero-order valence-electron chi connectivity index (χ0n) is 25.0. The zero-order valence-corrected chi connectivity index (χ0v) is 25.0. The van der Waals surface area contributed by atoms with E-state index in [0.717, 1.165) is 47.8 Å². The number of carbonyl (C=O) groups is 1. The number of ether oxygens (including phenoxy) is 4. The molecule has 0 spiro atoms. The SMILES string of the molecule is CCCCCCOc1ccc(C2C(C#N)=C(N)Oc3cc(OC(=O)c4oc5ccc(CC)cc5c4C)ccc32)cc1OC. The second-order valence-electron chi connectivity index (χ2n) is 10.6. The van der Waals surface area contributed by atoms with Gasteiger partial charge in [0.25, 0.3) is 0 Å². The Balaban J connectivity index is 1.41. The fourth-order valence-electron chi connectivity index (χ4n) is 5.37. The van der Waals surface area contributed by atoms with Crippen molar-refractivity contribution in [2.24, 2.45) is 5.73 Å². The molecule has 0 amide bonds. The third-order valence-corrected chi connectivity index (χ3v) is 7.77. The molecule has 0 aliphatic carbocycles. The minimum atomic E-state index is -0.615. The minimum Gasteiger partial charge on any atom is -0.493 e. The highest BCUT2D eigenvalue weighted by molar-refractivity contribution is 5.97. The lowest BCUT2D eigenvalue weighted by Crippen LogP contribution is -2.21. The van der Waals surface area contributed by atoms with Crippen LogP contribution < -0.4 is 24.7 Å². The molecule has 43 heavy (non-hydrogen) atoms. The maximum absolute atomic E-state index is 13.1. The lowest BCUT2D eigenvalue weighted by Gasteiger charge is -2.27. The van der Waals surface area contributed by atoms with E-state index in [0.29, 0.717) is 35.0 Å². The number of rotatable bonds is 11. The minimum absolute atomic E-state index is 0.0152. The maximum Gasteiger partial charge on any atom is 0.379 e. The number of hydrogen-bond donors (Lipinski definition) is 1. The van der Waals surface area contributed by atoms with Crippen LogP contribution in [0.1, 0.15) is 78.3 Å². The van der Waals surface area contributed by atoms with Crippen LogP contribution >= 0.6 is 0 Å². The van der Waals surface area contributed by atoms with Crippen LogP contribution in [0.3, 0.4) is 0 Å². The number of esters is 1. The second kappa shape index (κ2) is 13.0. The summed E-state index contributed by atoms with van der Waals surface area (Å²) in [4.78, 5) is 13.1. The number of nitrogens with zero attached hydrogens (tertiary/aromatic N) is 1. The monoisotopic (exact) mass is 580 g/mol. The van der Waals surface area contributed by atoms with E-state index in [1.807, 2.05) is 43.3 Å². The smallest absolute Gasteiger partial charge is 0.379 e. The van der Waals surface area contributed by atoms with Gasteiger partial charge in [0.2, 0.25) is 11.6 Å². The van der Waals surface area contributed by atoms with E-state index in [2.05, 4.69) is 19.9 Å². The number of nitrogens with two attached hydrogens (primary N) is 1. The van der Waals surface area contributed by atoms with Crippen molar-refractivity contribution >= 4 is 16.9 Å². The van der Waals surface area contributed by atoms with Crippen LogP contribution in [0.2, 0.25) is 0 Å². The Kier molecular flexibility index (Phi) is 8.91. The first-order valence-corrected chi connectivity index (χ1v) is 14.6. The van der Waals surface area contributed by atoms with E-state index in [1.165, 1.54) is 6.42 Å². The van der Waals surface area contributed by atoms with E-state index < -0.39 is 11.9 Å². The van der Waals surface area contributed by atoms with Crippen molar-refractivity contribution in [3.8, 4) is 29.1 Å². The zero-order chi connectivity index (χ0) is 30.5. The van der Waals surface area contributed by atoms with Gasteiger partial charge in [-0.25, -0.2) is 4.79 Å². The molecule has 8 nitrogen and oxygen atoms in total. The summed E-state index contributed by atoms with van der Waals surface area (Å²) >= 11 is 0. The van der Waals surface area contributed by atoms with Gasteiger partial charge in [-0.05, 0) is 61.2 Å². The molecule has 1 atom stereocenters. The summed E-state index contributed by atoms with van der Waals surface area (Å²) in [5.41, 5.74) is 10.5. The van der Waals surface area contributed by atoms with Crippen molar-refractivity contribution < 1.29 is 28.2 Å². The second-order valence-corrected chi connectivity index (χ2v) is 10.6. The predicted molar refractivity (Wildman–Crippen MR) is 164 cm³/mol. The third-order valence-electron chi connectivity index (χ3n) is 7.77. The average molecular weight is 581 g/mol. The normalized spacial score (nSPS) is 14.2. The standard InChI is InChI=1S/C35H36N2O6/c1-5-7-8-9-16-40-29-15-11-23(18-31(29)39-4)32-25-13-12-24(19-30(25)43-34(37)27(32)20-36)41-35(38)33-21(3)26-17-22(6-2)10-14-28(26)42-33/h10-15,17-19,32H,5-9,16,37H2,1-4H3. The highest BCUT2D eigenvalue weighted by atomic mass is 16.5. The van der Waals surface area contributed by atoms with E-state index in [4.69, 9.17) is 29.1 Å². The molecule has 3 aromatic carbocycles. The summed E-state index contributed by atoms with van der Waals surface area (Å²) in [6.45, 7) is 6.69. The largest absolute Gasteiger partial charge is 0.493 e. The molecule has 0 saturated carbocycles. The molecule has 1 aliphatic rings. The van der Waals surface area contributed by atoms with Gasteiger partial charge in [-0.1, -0.05) is 51.3 Å². The number of nitriles is 1. The van der Waals surface area contributed by atoms with Gasteiger partial charge in [-0.3, -0.25) is 0 Å². The first-order valence-electron chi connectivity index (χ1n) is 14.6. The Morgan fingerprint density at radius 1 is 1.02 bits per heavy atom. The summed E-state index contributed by atoms with van der Waals surface area (Å²) in [6.07, 6.45) is 5.29. The van der Waals surface area contributed by atoms with Crippen LogP contribution in [0.5, 0.6) is 23.0 Å². The Bertz CT molecular complexity index is 1730. The van der Waals surface area contributed by atoms with E-state index in [1.54, 1.807) is 25.3 Å². The van der Waals surface area contributed by atoms with E-state index in [-0.39, 0.29) is 23.0 Å². The van der Waals surface area contributed by atoms with Crippen LogP contribution in [-0.2, 0) is 6.42 Å². The topological polar surface area (TPSA) is 117 Å². The number of furan rings is 1. The van der Waals surface area contributed by atoms with Gasteiger partial charge in [-0.15, -0.1) is 0 Å². The predicted octanol–water partition coefficient (Wildman–Crippen LogP) is 7.71. The molecule has 0 radical (unpaired) electrons. The Morgan fingerprint density at radius 3 is 2.60 bits per heavy atom. The molecule has 0 fully saturated rings. The summed E-state index contributed by atoms with van der Waals surface area (Å²) in [6, 6.07) is 18.7. The van der Waals surface area contributed by atoms with Crippen LogP contribution in [0.15, 0.2) is 70.5 Å². The first-order chi connectivity index (χ1) is 20.9. The van der Waals surface area contributed by atoms with Crippen LogP contribution in [-0.4, -0.2) is 19.7 Å². The lowest BCUT2D eigenvalue weighted by molar-refractivity contribution is 0.0702. The molecular weight excluding hydrogens is 544 g/mol. The number of aryl methyl sites for hydroxylation is 2. The van der Waals surface area contributed by atoms with Gasteiger partial charge >= 0.3 is 5.97 Å². The number of fused-ring (bicyclic) bond motifs is 2. The Morgan fingerprint density at radius 2 is 1.86 bits per heavy atom. The van der Waals surface area contributed by atoms with Gasteiger partial charge < -0.3 is 29.1 Å². The van der Waals surface area contributed by atoms with Crippen molar-refractivity contribution in [3.05, 3.63) is 94.1 Å². The molecule has 0 bridgehead atoms. The van der Waals surface area contributed by atoms with Crippen LogP contribution in [0.25, 0.3) is 11.0 Å². The van der Waals surface area contributed by atoms with Crippen molar-refractivity contribution in [1.82, 2.24) is 0 Å². The Labute approximate surface area is 251 Å². The van der Waals surface area contributed by atoms with Crippen LogP contribution in [0, 0.1) is 18.3 Å². The summed E-state index contributed by atoms with van der Waals surface area (Å²) in [5, 5.41) is 10.9. The Hall–Kier alpha value is -4.90. The van der Waals surface area contributed by atoms with Gasteiger partial charge in [0.05, 0.1) is 19.6 Å². The molecular formula is C35H36N2O6. The molecule has 5 rings (SSSR count). The van der Waals surface area contributed by atoms with Gasteiger partial charge in [-0.2, -0.15) is 5.26 Å². The molecule has 4 aromatic rings. The molecule has 222 valence electrons. The fraction of sp³-hybridized carbons (Fsp3) is 0.314. The molecule has 8 heteroatoms. The quantitative estimate of drug-likeness (QED) is 0.109. The van der Waals surface area contributed by atoms with Crippen molar-refractivity contribution in [1.29, 1.82) is 5.26 Å². The van der Waals surface area contributed by atoms with Gasteiger partial charge in [0.1, 0.15) is 28.7 Å². The van der Waals surface area contributed by atoms with Gasteiger partial charge in [0.15, 0.2) is 11.5 Å². The first kappa shape index (κ1) is 29.6. The van der Waals surface area contributed by atoms with Gasteiger partial charge in [0, 0.05) is 22.6 Å².